The second kappa shape index (κ2) is 11.2. The summed E-state index contributed by atoms with van der Waals surface area (Å²) in [5.74, 6) is -1.08. The van der Waals surface area contributed by atoms with Crippen LogP contribution in [0.15, 0.2) is 17.0 Å². The Kier molecular flexibility index (Phi) is 8.57. The van der Waals surface area contributed by atoms with Crippen molar-refractivity contribution >= 4 is 44.8 Å². The van der Waals surface area contributed by atoms with Gasteiger partial charge in [-0.1, -0.05) is 49.8 Å². The monoisotopic (exact) mass is 581 g/mol. The number of halogens is 1. The maximum absolute atomic E-state index is 13.1. The number of benzene rings is 1. The Labute approximate surface area is 233 Å². The fourth-order valence-electron chi connectivity index (χ4n) is 5.22. The first-order chi connectivity index (χ1) is 17.7. The molecular weight excluding hydrogens is 546 g/mol. The Morgan fingerprint density at radius 1 is 1.16 bits per heavy atom. The minimum atomic E-state index is -3.83. The quantitative estimate of drug-likeness (QED) is 0.374. The maximum atomic E-state index is 13.1. The van der Waals surface area contributed by atoms with E-state index < -0.39 is 27.4 Å². The average Bonchev–Trinajstić information content (AvgIpc) is 3.19. The largest absolute Gasteiger partial charge is 0.481 e. The molecule has 0 spiro atoms. The van der Waals surface area contributed by atoms with Crippen LogP contribution in [0.1, 0.15) is 86.8 Å². The van der Waals surface area contributed by atoms with Gasteiger partial charge >= 0.3 is 5.97 Å². The summed E-state index contributed by atoms with van der Waals surface area (Å²) in [6.07, 6.45) is 7.42. The Balaban J connectivity index is 1.66. The number of nitrogens with one attached hydrogen (secondary N) is 2. The summed E-state index contributed by atoms with van der Waals surface area (Å²) in [5, 5.41) is 12.5. The second-order valence-electron chi connectivity index (χ2n) is 11.6. The zero-order valence-corrected chi connectivity index (χ0v) is 24.7. The summed E-state index contributed by atoms with van der Waals surface area (Å²) in [5.41, 5.74) is 1.55. The Hall–Kier alpha value is -2.01. The summed E-state index contributed by atoms with van der Waals surface area (Å²) in [7, 11) is -3.83. The predicted molar refractivity (Wildman–Crippen MR) is 149 cm³/mol. The number of nitrogens with zero attached hydrogens (tertiary/aromatic N) is 1. The lowest BCUT2D eigenvalue weighted by Gasteiger charge is -2.32. The highest BCUT2D eigenvalue weighted by molar-refractivity contribution is 7.89. The van der Waals surface area contributed by atoms with E-state index in [1.165, 1.54) is 36.7 Å². The summed E-state index contributed by atoms with van der Waals surface area (Å²) < 4.78 is 28.6. The van der Waals surface area contributed by atoms with Crippen molar-refractivity contribution in [3.8, 4) is 10.4 Å². The molecule has 2 saturated carbocycles. The topological polar surface area (TPSA) is 125 Å². The summed E-state index contributed by atoms with van der Waals surface area (Å²) >= 11 is 7.92. The van der Waals surface area contributed by atoms with E-state index in [0.29, 0.717) is 29.3 Å². The van der Waals surface area contributed by atoms with E-state index in [1.54, 1.807) is 33.8 Å². The molecule has 38 heavy (non-hydrogen) atoms. The van der Waals surface area contributed by atoms with Crippen molar-refractivity contribution in [1.29, 1.82) is 0 Å². The van der Waals surface area contributed by atoms with Gasteiger partial charge in [0.1, 0.15) is 4.90 Å². The van der Waals surface area contributed by atoms with Gasteiger partial charge in [-0.15, -0.1) is 11.3 Å². The fourth-order valence-corrected chi connectivity index (χ4v) is 8.32. The lowest BCUT2D eigenvalue weighted by molar-refractivity contribution is -0.145. The molecule has 0 atom stereocenters. The van der Waals surface area contributed by atoms with Crippen LogP contribution in [-0.2, 0) is 21.2 Å². The highest BCUT2D eigenvalue weighted by atomic mass is 35.5. The van der Waals surface area contributed by atoms with E-state index in [1.807, 2.05) is 0 Å². The van der Waals surface area contributed by atoms with Crippen LogP contribution in [0, 0.1) is 18.8 Å². The number of rotatable bonds is 8. The third-order valence-electron chi connectivity index (χ3n) is 7.25. The number of carbonyl (C=O) groups is 2. The first-order valence-corrected chi connectivity index (χ1v) is 15.8. The molecule has 0 aliphatic heterocycles. The van der Waals surface area contributed by atoms with Gasteiger partial charge < -0.3 is 10.4 Å². The van der Waals surface area contributed by atoms with Crippen LogP contribution >= 0.6 is 22.9 Å². The number of amides is 1. The molecule has 0 bridgehead atoms. The van der Waals surface area contributed by atoms with Gasteiger partial charge in [-0.05, 0) is 70.1 Å². The number of carboxylic acid groups (broad SMARTS) is 1. The van der Waals surface area contributed by atoms with Crippen LogP contribution in [0.25, 0.3) is 10.4 Å². The van der Waals surface area contributed by atoms with Gasteiger partial charge in [-0.25, -0.2) is 18.1 Å². The average molecular weight is 582 g/mol. The van der Waals surface area contributed by atoms with Crippen LogP contribution in [0.5, 0.6) is 0 Å². The van der Waals surface area contributed by atoms with E-state index in [2.05, 4.69) is 10.0 Å². The van der Waals surface area contributed by atoms with Crippen LogP contribution in [0.2, 0.25) is 5.02 Å². The van der Waals surface area contributed by atoms with E-state index in [4.69, 9.17) is 21.7 Å². The van der Waals surface area contributed by atoms with Gasteiger partial charge in [0.05, 0.1) is 21.5 Å². The third-order valence-corrected chi connectivity index (χ3v) is 10.8. The number of aliphatic carboxylic acids is 1. The van der Waals surface area contributed by atoms with E-state index in [9.17, 15) is 18.0 Å². The zero-order valence-electron chi connectivity index (χ0n) is 22.3. The normalized spacial score (nSPS) is 20.7. The van der Waals surface area contributed by atoms with E-state index in [0.717, 1.165) is 35.4 Å². The van der Waals surface area contributed by atoms with Gasteiger partial charge in [-0.3, -0.25) is 9.59 Å². The van der Waals surface area contributed by atoms with Crippen molar-refractivity contribution < 1.29 is 23.1 Å². The summed E-state index contributed by atoms with van der Waals surface area (Å²) in [6, 6.07) is 3.10. The Morgan fingerprint density at radius 3 is 2.42 bits per heavy atom. The lowest BCUT2D eigenvalue weighted by atomic mass is 9.80. The summed E-state index contributed by atoms with van der Waals surface area (Å²) in [4.78, 5) is 29.8. The smallest absolute Gasteiger partial charge is 0.306 e. The minimum Gasteiger partial charge on any atom is -0.481 e. The van der Waals surface area contributed by atoms with Crippen molar-refractivity contribution in [3.05, 3.63) is 33.4 Å². The molecule has 1 aromatic heterocycles. The summed E-state index contributed by atoms with van der Waals surface area (Å²) in [6.45, 7) is 7.10. The number of carboxylic acids is 1. The van der Waals surface area contributed by atoms with E-state index in [-0.39, 0.29) is 21.9 Å². The standard InChI is InChI=1S/C27H36ClN3O5S2/c1-15-19(10-11-21(22(15)28)38(35,36)31-27(2,3)4)23-20(12-16-8-6-5-7-9-16)30-25(37-23)24(32)29-18-13-17(14-18)26(33)34/h10-11,16-18,31H,5-9,12-14H2,1-4H3,(H,29,32)(H,33,34). The van der Waals surface area contributed by atoms with Crippen molar-refractivity contribution in [3.63, 3.8) is 0 Å². The molecule has 2 fully saturated rings. The molecule has 1 heterocycles. The van der Waals surface area contributed by atoms with Crippen LogP contribution in [0.3, 0.4) is 0 Å². The predicted octanol–water partition coefficient (Wildman–Crippen LogP) is 5.56. The number of aromatic nitrogens is 1. The van der Waals surface area contributed by atoms with Crippen LogP contribution in [0.4, 0.5) is 0 Å². The van der Waals surface area contributed by atoms with Gasteiger partial charge in [0.25, 0.3) is 5.91 Å². The molecule has 0 saturated heterocycles. The number of thiazole rings is 1. The molecule has 2 aliphatic carbocycles. The van der Waals surface area contributed by atoms with Gasteiger partial charge in [0, 0.05) is 11.6 Å². The zero-order chi connectivity index (χ0) is 27.8. The number of hydrogen-bond donors (Lipinski definition) is 3. The number of hydrogen-bond acceptors (Lipinski definition) is 6. The molecule has 11 heteroatoms. The van der Waals surface area contributed by atoms with Crippen molar-refractivity contribution in [2.24, 2.45) is 11.8 Å². The highest BCUT2D eigenvalue weighted by Gasteiger charge is 2.36. The van der Waals surface area contributed by atoms with Gasteiger partial charge in [0.2, 0.25) is 10.0 Å². The molecule has 8 nitrogen and oxygen atoms in total. The molecule has 4 rings (SSSR count). The van der Waals surface area contributed by atoms with Crippen LogP contribution in [-0.4, -0.2) is 42.0 Å². The SMILES string of the molecule is Cc1c(-c2sc(C(=O)NC3CC(C(=O)O)C3)nc2CC2CCCCC2)ccc(S(=O)(=O)NC(C)(C)C)c1Cl. The molecule has 1 aromatic carbocycles. The molecule has 1 amide bonds. The van der Waals surface area contributed by atoms with Crippen molar-refractivity contribution in [1.82, 2.24) is 15.0 Å². The lowest BCUT2D eigenvalue weighted by Crippen LogP contribution is -2.46. The number of sulfonamides is 1. The first-order valence-electron chi connectivity index (χ1n) is 13.1. The molecule has 0 unspecified atom stereocenters. The number of carbonyl (C=O) groups excluding carboxylic acids is 1. The molecule has 0 radical (unpaired) electrons. The molecule has 2 aromatic rings. The fraction of sp³-hybridized carbons (Fsp3) is 0.593. The van der Waals surface area contributed by atoms with Gasteiger partial charge in [-0.2, -0.15) is 0 Å². The molecular formula is C27H36ClN3O5S2. The van der Waals surface area contributed by atoms with Crippen molar-refractivity contribution in [2.45, 2.75) is 95.5 Å². The van der Waals surface area contributed by atoms with Crippen LogP contribution < -0.4 is 10.0 Å². The first kappa shape index (κ1) is 29.0. The third kappa shape index (κ3) is 6.58. The van der Waals surface area contributed by atoms with Gasteiger partial charge in [0.15, 0.2) is 5.01 Å². The van der Waals surface area contributed by atoms with E-state index >= 15 is 0 Å². The molecule has 2 aliphatic rings. The maximum Gasteiger partial charge on any atom is 0.306 e. The molecule has 3 N–H and O–H groups in total. The van der Waals surface area contributed by atoms with Crippen molar-refractivity contribution in [2.75, 3.05) is 0 Å². The Bertz CT molecular complexity index is 1320. The highest BCUT2D eigenvalue weighted by Crippen LogP contribution is 2.40. The minimum absolute atomic E-state index is 0.0182. The Morgan fingerprint density at radius 2 is 1.82 bits per heavy atom. The second-order valence-corrected chi connectivity index (χ2v) is 14.6. The molecule has 208 valence electrons.